The normalized spacial score (nSPS) is 45.2. The Balaban J connectivity index is 1.45. The highest BCUT2D eigenvalue weighted by molar-refractivity contribution is 5.25. The van der Waals surface area contributed by atoms with Gasteiger partial charge in [0.2, 0.25) is 0 Å². The summed E-state index contributed by atoms with van der Waals surface area (Å²) in [4.78, 5) is 11.1. The molecule has 0 heterocycles. The molecule has 0 aliphatic heterocycles. The van der Waals surface area contributed by atoms with E-state index in [2.05, 4.69) is 38.9 Å². The van der Waals surface area contributed by atoms with Gasteiger partial charge in [0.15, 0.2) is 0 Å². The van der Waals surface area contributed by atoms with Crippen molar-refractivity contribution in [1.82, 2.24) is 0 Å². The zero-order chi connectivity index (χ0) is 20.8. The monoisotopic (exact) mass is 401 g/mol. The molecular formula is C26H43NO2. The smallest absolute Gasteiger partial charge is 0.0957 e. The van der Waals surface area contributed by atoms with Gasteiger partial charge < -0.3 is 5.11 Å². The maximum absolute atomic E-state index is 11.1. The molecular weight excluding hydrogens is 358 g/mol. The summed E-state index contributed by atoms with van der Waals surface area (Å²) in [6.07, 6.45) is 15.7. The van der Waals surface area contributed by atoms with E-state index < -0.39 is 0 Å². The van der Waals surface area contributed by atoms with Gasteiger partial charge in [-0.1, -0.05) is 50.9 Å². The number of aliphatic hydroxyl groups is 1. The van der Waals surface area contributed by atoms with Crippen molar-refractivity contribution in [2.75, 3.05) is 0 Å². The Hall–Kier alpha value is -0.700. The number of rotatable bonds is 6. The minimum Gasteiger partial charge on any atom is -0.393 e. The van der Waals surface area contributed by atoms with E-state index in [4.69, 9.17) is 0 Å². The van der Waals surface area contributed by atoms with Crippen molar-refractivity contribution in [1.29, 1.82) is 0 Å². The van der Waals surface area contributed by atoms with Crippen LogP contribution in [-0.2, 0) is 0 Å². The molecule has 4 rings (SSSR count). The lowest BCUT2D eigenvalue weighted by molar-refractivity contribution is -0.0438. The lowest BCUT2D eigenvalue weighted by atomic mass is 9.47. The van der Waals surface area contributed by atoms with Crippen LogP contribution in [0.5, 0.6) is 0 Å². The first kappa shape index (κ1) is 21.5. The predicted octanol–water partition coefficient (Wildman–Crippen LogP) is 6.89. The van der Waals surface area contributed by atoms with Crippen molar-refractivity contribution >= 4 is 0 Å². The number of allylic oxidation sites excluding steroid dienone is 1. The molecule has 4 aliphatic rings. The third-order valence-electron chi connectivity index (χ3n) is 10.2. The number of hydrogen-bond acceptors (Lipinski definition) is 3. The molecule has 0 aromatic carbocycles. The highest BCUT2D eigenvalue weighted by atomic mass is 16.3. The predicted molar refractivity (Wildman–Crippen MR) is 119 cm³/mol. The van der Waals surface area contributed by atoms with Crippen molar-refractivity contribution in [2.24, 2.45) is 45.6 Å². The van der Waals surface area contributed by atoms with Gasteiger partial charge in [0.25, 0.3) is 0 Å². The Morgan fingerprint density at radius 2 is 1.93 bits per heavy atom. The van der Waals surface area contributed by atoms with Crippen molar-refractivity contribution in [3.05, 3.63) is 16.6 Å². The van der Waals surface area contributed by atoms with E-state index in [1.807, 2.05) is 0 Å². The summed E-state index contributed by atoms with van der Waals surface area (Å²) < 4.78 is 0. The van der Waals surface area contributed by atoms with Crippen molar-refractivity contribution in [3.8, 4) is 0 Å². The first-order valence-corrected chi connectivity index (χ1v) is 12.5. The van der Waals surface area contributed by atoms with E-state index in [1.54, 1.807) is 5.57 Å². The van der Waals surface area contributed by atoms with Crippen LogP contribution in [0, 0.1) is 45.3 Å². The first-order chi connectivity index (χ1) is 13.8. The average Bonchev–Trinajstić information content (AvgIpc) is 3.03. The van der Waals surface area contributed by atoms with Gasteiger partial charge in [-0.3, -0.25) is 0 Å². The molecule has 0 amide bonds. The second-order valence-electron chi connectivity index (χ2n) is 11.8. The molecule has 1 N–H and O–H groups in total. The highest BCUT2D eigenvalue weighted by Gasteiger charge is 2.58. The molecule has 3 heteroatoms. The standard InChI is InChI=1S/C26H43NO2/c1-17(2)24(28)7-5-6-18-9-11-22-21-10-8-19-16-20(27-29)12-14-26(19,4)23(21)13-15-25(18,22)3/h8,17-18,20-24,28H,5-7,9-16H2,1-4H3/t18-,20-,21-,22?,23?,24+,25+,26-/m0/s1. The van der Waals surface area contributed by atoms with Crippen LogP contribution in [0.15, 0.2) is 16.8 Å². The fourth-order valence-electron chi connectivity index (χ4n) is 8.22. The van der Waals surface area contributed by atoms with Crippen LogP contribution in [0.3, 0.4) is 0 Å². The number of hydrogen-bond donors (Lipinski definition) is 1. The van der Waals surface area contributed by atoms with Gasteiger partial charge in [0.1, 0.15) is 0 Å². The number of aliphatic hydroxyl groups excluding tert-OH is 1. The van der Waals surface area contributed by atoms with E-state index in [1.165, 1.54) is 44.9 Å². The molecule has 3 nitrogen and oxygen atoms in total. The first-order valence-electron chi connectivity index (χ1n) is 12.5. The summed E-state index contributed by atoms with van der Waals surface area (Å²) >= 11 is 0. The number of nitrogens with zero attached hydrogens (tertiary/aromatic N) is 1. The summed E-state index contributed by atoms with van der Waals surface area (Å²) in [5, 5.41) is 13.6. The maximum Gasteiger partial charge on any atom is 0.0957 e. The lowest BCUT2D eigenvalue weighted by Crippen LogP contribution is -2.50. The Kier molecular flexibility index (Phi) is 6.01. The third kappa shape index (κ3) is 3.64. The van der Waals surface area contributed by atoms with Gasteiger partial charge in [0, 0.05) is 0 Å². The molecule has 0 aromatic heterocycles. The third-order valence-corrected chi connectivity index (χ3v) is 10.2. The summed E-state index contributed by atoms with van der Waals surface area (Å²) in [5.74, 6) is 3.76. The fraction of sp³-hybridized carbons (Fsp3) is 0.923. The van der Waals surface area contributed by atoms with Crippen LogP contribution in [-0.4, -0.2) is 17.3 Å². The Morgan fingerprint density at radius 3 is 2.66 bits per heavy atom. The van der Waals surface area contributed by atoms with Gasteiger partial charge in [-0.2, -0.15) is 4.91 Å². The Labute approximate surface area is 178 Å². The molecule has 2 unspecified atom stereocenters. The second kappa shape index (κ2) is 8.09. The van der Waals surface area contributed by atoms with Crippen molar-refractivity contribution in [2.45, 2.75) is 110 Å². The van der Waals surface area contributed by atoms with E-state index >= 15 is 0 Å². The van der Waals surface area contributed by atoms with E-state index in [-0.39, 0.29) is 12.1 Å². The molecule has 164 valence electrons. The SMILES string of the molecule is CC(C)[C@H](O)CCC[C@H]1CCC2[C@@H]3CC=C4C[C@@H](N=O)CC[C@]4(C)C3CC[C@@]21C. The molecule has 0 radical (unpaired) electrons. The van der Waals surface area contributed by atoms with Crippen LogP contribution in [0.1, 0.15) is 98.3 Å². The van der Waals surface area contributed by atoms with E-state index in [9.17, 15) is 10.0 Å². The van der Waals surface area contributed by atoms with Crippen LogP contribution < -0.4 is 0 Å². The molecule has 0 aromatic rings. The summed E-state index contributed by atoms with van der Waals surface area (Å²) in [6, 6.07) is 0.0248. The lowest BCUT2D eigenvalue weighted by Gasteiger charge is -2.58. The second-order valence-corrected chi connectivity index (χ2v) is 11.8. The van der Waals surface area contributed by atoms with Crippen LogP contribution >= 0.6 is 0 Å². The van der Waals surface area contributed by atoms with Gasteiger partial charge in [-0.15, -0.1) is 0 Å². The summed E-state index contributed by atoms with van der Waals surface area (Å²) in [5.41, 5.74) is 2.40. The largest absolute Gasteiger partial charge is 0.393 e. The molecule has 0 saturated heterocycles. The molecule has 3 fully saturated rings. The van der Waals surface area contributed by atoms with Gasteiger partial charge in [-0.25, -0.2) is 0 Å². The Morgan fingerprint density at radius 1 is 1.14 bits per heavy atom. The van der Waals surface area contributed by atoms with Crippen molar-refractivity contribution in [3.63, 3.8) is 0 Å². The van der Waals surface area contributed by atoms with Crippen molar-refractivity contribution < 1.29 is 5.11 Å². The van der Waals surface area contributed by atoms with E-state index in [0.29, 0.717) is 16.7 Å². The minimum atomic E-state index is -0.131. The minimum absolute atomic E-state index is 0.0248. The van der Waals surface area contributed by atoms with Gasteiger partial charge in [0.05, 0.1) is 12.1 Å². The summed E-state index contributed by atoms with van der Waals surface area (Å²) in [7, 11) is 0. The molecule has 3 saturated carbocycles. The summed E-state index contributed by atoms with van der Waals surface area (Å²) in [6.45, 7) is 9.38. The van der Waals surface area contributed by atoms with Gasteiger partial charge >= 0.3 is 0 Å². The Bertz CT molecular complexity index is 643. The van der Waals surface area contributed by atoms with Crippen LogP contribution in [0.2, 0.25) is 0 Å². The number of fused-ring (bicyclic) bond motifs is 5. The molecule has 4 aliphatic carbocycles. The quantitative estimate of drug-likeness (QED) is 0.389. The maximum atomic E-state index is 11.1. The average molecular weight is 402 g/mol. The highest BCUT2D eigenvalue weighted by Crippen LogP contribution is 2.66. The molecule has 0 bridgehead atoms. The van der Waals surface area contributed by atoms with Crippen LogP contribution in [0.25, 0.3) is 0 Å². The van der Waals surface area contributed by atoms with E-state index in [0.717, 1.165) is 49.4 Å². The zero-order valence-corrected chi connectivity index (χ0v) is 19.2. The fourth-order valence-corrected chi connectivity index (χ4v) is 8.22. The topological polar surface area (TPSA) is 49.7 Å². The molecule has 8 atom stereocenters. The van der Waals surface area contributed by atoms with Gasteiger partial charge in [-0.05, 0) is 105 Å². The number of nitroso groups, excluding NO2 is 1. The van der Waals surface area contributed by atoms with Crippen LogP contribution in [0.4, 0.5) is 0 Å². The molecule has 0 spiro atoms. The zero-order valence-electron chi connectivity index (χ0n) is 19.2. The molecule has 29 heavy (non-hydrogen) atoms.